The molecule has 0 bridgehead atoms. The number of thiazole rings is 1. The molecule has 0 radical (unpaired) electrons. The number of hydrogen-bond donors (Lipinski definition) is 1. The maximum atomic E-state index is 4.93. The fraction of sp³-hybridized carbons (Fsp3) is 0.800. The van der Waals surface area contributed by atoms with Gasteiger partial charge in [-0.15, -0.1) is 11.3 Å². The fourth-order valence-electron chi connectivity index (χ4n) is 2.38. The van der Waals surface area contributed by atoms with Crippen LogP contribution in [0.4, 0.5) is 0 Å². The molecule has 0 unspecified atom stereocenters. The van der Waals surface area contributed by atoms with Crippen LogP contribution in [-0.2, 0) is 18.4 Å². The van der Waals surface area contributed by atoms with Crippen LogP contribution >= 0.6 is 11.3 Å². The molecule has 1 aliphatic carbocycles. The molecule has 18 heavy (non-hydrogen) atoms. The molecule has 1 fully saturated rings. The lowest BCUT2D eigenvalue weighted by molar-refractivity contribution is 0.314. The topological polar surface area (TPSA) is 24.9 Å². The van der Waals surface area contributed by atoms with Crippen LogP contribution in [0.1, 0.15) is 62.5 Å². The van der Waals surface area contributed by atoms with E-state index in [-0.39, 0.29) is 5.41 Å². The van der Waals surface area contributed by atoms with Gasteiger partial charge in [0.15, 0.2) is 0 Å². The van der Waals surface area contributed by atoms with Crippen molar-refractivity contribution >= 4 is 11.3 Å². The molecule has 1 N–H and O–H groups in total. The zero-order valence-corrected chi connectivity index (χ0v) is 13.0. The van der Waals surface area contributed by atoms with Gasteiger partial charge in [-0.2, -0.15) is 0 Å². The quantitative estimate of drug-likeness (QED) is 0.874. The first-order valence-corrected chi connectivity index (χ1v) is 8.02. The van der Waals surface area contributed by atoms with E-state index >= 15 is 0 Å². The summed E-state index contributed by atoms with van der Waals surface area (Å²) in [7, 11) is 0. The average molecular weight is 266 g/mol. The van der Waals surface area contributed by atoms with Crippen LogP contribution < -0.4 is 5.32 Å². The number of nitrogens with one attached hydrogen (secondary N) is 1. The van der Waals surface area contributed by atoms with Crippen LogP contribution in [0.2, 0.25) is 0 Å². The summed E-state index contributed by atoms with van der Waals surface area (Å²) < 4.78 is 0. The first kappa shape index (κ1) is 14.0. The lowest BCUT2D eigenvalue weighted by atomic mass is 9.83. The van der Waals surface area contributed by atoms with E-state index in [1.54, 1.807) is 0 Å². The first-order chi connectivity index (χ1) is 8.50. The summed E-state index contributed by atoms with van der Waals surface area (Å²) in [6.45, 7) is 11.0. The van der Waals surface area contributed by atoms with E-state index in [0.29, 0.717) is 0 Å². The summed E-state index contributed by atoms with van der Waals surface area (Å²) in [5.41, 5.74) is 1.47. The van der Waals surface area contributed by atoms with Gasteiger partial charge in [0.05, 0.1) is 10.7 Å². The maximum Gasteiger partial charge on any atom is 0.0934 e. The van der Waals surface area contributed by atoms with Crippen LogP contribution in [0.15, 0.2) is 0 Å². The minimum Gasteiger partial charge on any atom is -0.312 e. The zero-order chi connectivity index (χ0) is 13.2. The second-order valence-corrected chi connectivity index (χ2v) is 7.58. The molecule has 1 aliphatic rings. The van der Waals surface area contributed by atoms with Gasteiger partial charge in [-0.3, -0.25) is 0 Å². The van der Waals surface area contributed by atoms with Gasteiger partial charge in [0.1, 0.15) is 0 Å². The Balaban J connectivity index is 2.13. The molecule has 0 aliphatic heterocycles. The highest BCUT2D eigenvalue weighted by Gasteiger charge is 2.25. The second-order valence-electron chi connectivity index (χ2n) is 6.41. The third kappa shape index (κ3) is 3.33. The standard InChI is InChI=1S/C15H26N2S/c1-5-16-10-12-14(15(2,3)4)17-13(18-12)9-11-7-6-8-11/h11,16H,5-10H2,1-4H3. The molecule has 0 atom stereocenters. The van der Waals surface area contributed by atoms with Gasteiger partial charge in [0, 0.05) is 23.3 Å². The largest absolute Gasteiger partial charge is 0.312 e. The van der Waals surface area contributed by atoms with Crippen molar-refractivity contribution in [2.45, 2.75) is 65.3 Å². The van der Waals surface area contributed by atoms with Crippen LogP contribution in [-0.4, -0.2) is 11.5 Å². The lowest BCUT2D eigenvalue weighted by Gasteiger charge is -2.24. The molecule has 0 spiro atoms. The number of nitrogens with zero attached hydrogens (tertiary/aromatic N) is 1. The molecule has 1 aromatic rings. The fourth-order valence-corrected chi connectivity index (χ4v) is 3.74. The lowest BCUT2D eigenvalue weighted by Crippen LogP contribution is -2.18. The van der Waals surface area contributed by atoms with E-state index in [9.17, 15) is 0 Å². The van der Waals surface area contributed by atoms with Gasteiger partial charge < -0.3 is 5.32 Å². The minimum atomic E-state index is 0.166. The van der Waals surface area contributed by atoms with Crippen LogP contribution in [0.5, 0.6) is 0 Å². The van der Waals surface area contributed by atoms with Gasteiger partial charge >= 0.3 is 0 Å². The van der Waals surface area contributed by atoms with Crippen molar-refractivity contribution in [3.63, 3.8) is 0 Å². The maximum absolute atomic E-state index is 4.93. The SMILES string of the molecule is CCNCc1sc(CC2CCC2)nc1C(C)(C)C. The predicted molar refractivity (Wildman–Crippen MR) is 79.2 cm³/mol. The van der Waals surface area contributed by atoms with E-state index in [4.69, 9.17) is 4.98 Å². The molecule has 1 saturated carbocycles. The normalized spacial score (nSPS) is 16.9. The van der Waals surface area contributed by atoms with E-state index in [2.05, 4.69) is 33.0 Å². The van der Waals surface area contributed by atoms with Crippen molar-refractivity contribution in [2.24, 2.45) is 5.92 Å². The third-order valence-electron chi connectivity index (χ3n) is 3.68. The van der Waals surface area contributed by atoms with E-state index in [0.717, 1.165) is 19.0 Å². The highest BCUT2D eigenvalue weighted by atomic mass is 32.1. The monoisotopic (exact) mass is 266 g/mol. The smallest absolute Gasteiger partial charge is 0.0934 e. The Bertz CT molecular complexity index is 386. The van der Waals surface area contributed by atoms with Crippen molar-refractivity contribution in [3.05, 3.63) is 15.6 Å². The highest BCUT2D eigenvalue weighted by molar-refractivity contribution is 7.11. The Hall–Kier alpha value is -0.410. The number of hydrogen-bond acceptors (Lipinski definition) is 3. The Kier molecular flexibility index (Phi) is 4.44. The van der Waals surface area contributed by atoms with Crippen molar-refractivity contribution in [1.82, 2.24) is 10.3 Å². The Morgan fingerprint density at radius 2 is 2.06 bits per heavy atom. The molecule has 1 heterocycles. The Morgan fingerprint density at radius 1 is 1.33 bits per heavy atom. The van der Waals surface area contributed by atoms with Gasteiger partial charge in [-0.1, -0.05) is 47.0 Å². The minimum absolute atomic E-state index is 0.166. The van der Waals surface area contributed by atoms with Crippen molar-refractivity contribution < 1.29 is 0 Å². The number of rotatable bonds is 5. The molecular weight excluding hydrogens is 240 g/mol. The van der Waals surface area contributed by atoms with Crippen molar-refractivity contribution in [1.29, 1.82) is 0 Å². The Labute approximate surface area is 115 Å². The van der Waals surface area contributed by atoms with Gasteiger partial charge in [0.25, 0.3) is 0 Å². The number of aromatic nitrogens is 1. The van der Waals surface area contributed by atoms with Gasteiger partial charge in [0.2, 0.25) is 0 Å². The molecule has 1 aromatic heterocycles. The van der Waals surface area contributed by atoms with Crippen LogP contribution in [0.25, 0.3) is 0 Å². The summed E-state index contributed by atoms with van der Waals surface area (Å²) in [5.74, 6) is 0.913. The van der Waals surface area contributed by atoms with Crippen LogP contribution in [0, 0.1) is 5.92 Å². The summed E-state index contributed by atoms with van der Waals surface area (Å²) in [6.07, 6.45) is 5.45. The molecule has 3 heteroatoms. The van der Waals surface area contributed by atoms with Gasteiger partial charge in [-0.05, 0) is 12.5 Å². The van der Waals surface area contributed by atoms with Crippen LogP contribution in [0.3, 0.4) is 0 Å². The van der Waals surface area contributed by atoms with E-state index < -0.39 is 0 Å². The van der Waals surface area contributed by atoms with Crippen molar-refractivity contribution in [3.8, 4) is 0 Å². The predicted octanol–water partition coefficient (Wildman–Crippen LogP) is 3.89. The molecule has 2 nitrogen and oxygen atoms in total. The molecule has 0 saturated heterocycles. The molecule has 0 amide bonds. The van der Waals surface area contributed by atoms with Gasteiger partial charge in [-0.25, -0.2) is 4.98 Å². The zero-order valence-electron chi connectivity index (χ0n) is 12.2. The van der Waals surface area contributed by atoms with E-state index in [1.807, 2.05) is 11.3 Å². The molecule has 2 rings (SSSR count). The first-order valence-electron chi connectivity index (χ1n) is 7.20. The summed E-state index contributed by atoms with van der Waals surface area (Å²) in [6, 6.07) is 0. The summed E-state index contributed by atoms with van der Waals surface area (Å²) >= 11 is 1.93. The molecule has 0 aromatic carbocycles. The van der Waals surface area contributed by atoms with E-state index in [1.165, 1.54) is 41.3 Å². The Morgan fingerprint density at radius 3 is 2.56 bits per heavy atom. The summed E-state index contributed by atoms with van der Waals surface area (Å²) in [5, 5.41) is 4.80. The average Bonchev–Trinajstić information content (AvgIpc) is 2.63. The molecule has 102 valence electrons. The second kappa shape index (κ2) is 5.70. The summed E-state index contributed by atoms with van der Waals surface area (Å²) in [4.78, 5) is 6.38. The third-order valence-corrected chi connectivity index (χ3v) is 4.75. The highest BCUT2D eigenvalue weighted by Crippen LogP contribution is 2.34. The van der Waals surface area contributed by atoms with Crippen molar-refractivity contribution in [2.75, 3.05) is 6.54 Å². The molecular formula is C15H26N2S.